The van der Waals surface area contributed by atoms with Crippen molar-refractivity contribution in [3.63, 3.8) is 0 Å². The lowest BCUT2D eigenvalue weighted by Crippen LogP contribution is -2.10. The molecule has 0 amide bonds. The molecule has 3 N–H and O–H groups in total. The number of hydrogen-bond donors (Lipinski definition) is 3. The molecule has 1 heterocycles. The normalized spacial score (nSPS) is 18.4. The van der Waals surface area contributed by atoms with Crippen LogP contribution in [0.3, 0.4) is 0 Å². The number of phenolic OH excluding ortho intramolecular Hbond substituents is 2. The van der Waals surface area contributed by atoms with Crippen LogP contribution in [0.5, 0.6) is 11.5 Å². The van der Waals surface area contributed by atoms with Gasteiger partial charge >= 0.3 is 5.97 Å². The summed E-state index contributed by atoms with van der Waals surface area (Å²) in [5.74, 6) is -0.726. The van der Waals surface area contributed by atoms with E-state index in [1.54, 1.807) is 24.3 Å². The second-order valence-corrected chi connectivity index (χ2v) is 4.60. The van der Waals surface area contributed by atoms with E-state index >= 15 is 0 Å². The molecule has 1 aliphatic rings. The Kier molecular flexibility index (Phi) is 2.84. The van der Waals surface area contributed by atoms with Gasteiger partial charge in [-0.1, -0.05) is 24.3 Å². The molecule has 0 unspecified atom stereocenters. The van der Waals surface area contributed by atoms with E-state index in [0.29, 0.717) is 11.1 Å². The van der Waals surface area contributed by atoms with E-state index in [9.17, 15) is 20.1 Å². The molecule has 0 saturated heterocycles. The molecule has 0 aliphatic carbocycles. The Bertz CT molecular complexity index is 662. The lowest BCUT2D eigenvalue weighted by molar-refractivity contribution is -0.0103. The van der Waals surface area contributed by atoms with Crippen molar-refractivity contribution in [3.05, 3.63) is 59.2 Å². The smallest absolute Gasteiger partial charge is 0.343 e. The molecule has 3 rings (SSSR count). The lowest BCUT2D eigenvalue weighted by atomic mass is 9.96. The number of aliphatic hydroxyl groups excluding tert-OH is 1. The molecule has 1 aliphatic heterocycles. The Morgan fingerprint density at radius 1 is 1.05 bits per heavy atom. The first-order valence-electron chi connectivity index (χ1n) is 6.08. The highest BCUT2D eigenvalue weighted by atomic mass is 16.6. The molecule has 102 valence electrons. The minimum Gasteiger partial charge on any atom is -0.508 e. The van der Waals surface area contributed by atoms with Crippen LogP contribution in [-0.4, -0.2) is 21.3 Å². The molecule has 0 aromatic heterocycles. The zero-order valence-electron chi connectivity index (χ0n) is 10.4. The summed E-state index contributed by atoms with van der Waals surface area (Å²) in [6.07, 6.45) is -1.93. The van der Waals surface area contributed by atoms with Gasteiger partial charge in [-0.25, -0.2) is 4.79 Å². The summed E-state index contributed by atoms with van der Waals surface area (Å²) in [7, 11) is 0. The van der Waals surface area contributed by atoms with Crippen LogP contribution in [-0.2, 0) is 4.74 Å². The Hall–Kier alpha value is -2.53. The van der Waals surface area contributed by atoms with Crippen LogP contribution in [0.1, 0.15) is 33.7 Å². The predicted octanol–water partition coefficient (Wildman–Crippen LogP) is 2.04. The van der Waals surface area contributed by atoms with Crippen LogP contribution in [0.15, 0.2) is 42.5 Å². The molecular weight excluding hydrogens is 260 g/mol. The van der Waals surface area contributed by atoms with E-state index in [0.717, 1.165) is 0 Å². The average molecular weight is 272 g/mol. The van der Waals surface area contributed by atoms with Crippen molar-refractivity contribution in [1.29, 1.82) is 0 Å². The SMILES string of the molecule is O=C1O[C@H]([C@@H](O)c2ccc(O)cc2)c2cccc(O)c21. The van der Waals surface area contributed by atoms with Crippen molar-refractivity contribution >= 4 is 5.97 Å². The van der Waals surface area contributed by atoms with Crippen LogP contribution >= 0.6 is 0 Å². The maximum absolute atomic E-state index is 11.8. The Morgan fingerprint density at radius 2 is 1.75 bits per heavy atom. The molecular formula is C15H12O5. The fourth-order valence-corrected chi connectivity index (χ4v) is 2.34. The molecule has 5 nitrogen and oxygen atoms in total. The van der Waals surface area contributed by atoms with Gasteiger partial charge in [-0.15, -0.1) is 0 Å². The second-order valence-electron chi connectivity index (χ2n) is 4.60. The van der Waals surface area contributed by atoms with E-state index in [-0.39, 0.29) is 17.1 Å². The molecule has 2 atom stereocenters. The van der Waals surface area contributed by atoms with Crippen molar-refractivity contribution in [2.45, 2.75) is 12.2 Å². The van der Waals surface area contributed by atoms with Gasteiger partial charge in [0, 0.05) is 5.56 Å². The summed E-state index contributed by atoms with van der Waals surface area (Å²) in [5.41, 5.74) is 1.06. The highest BCUT2D eigenvalue weighted by molar-refractivity contribution is 5.96. The third-order valence-electron chi connectivity index (χ3n) is 3.34. The van der Waals surface area contributed by atoms with Gasteiger partial charge in [0.2, 0.25) is 0 Å². The fraction of sp³-hybridized carbons (Fsp3) is 0.133. The van der Waals surface area contributed by atoms with Crippen LogP contribution in [0.25, 0.3) is 0 Å². The number of hydrogen-bond acceptors (Lipinski definition) is 5. The Labute approximate surface area is 114 Å². The summed E-state index contributed by atoms with van der Waals surface area (Å²) < 4.78 is 5.15. The minimum atomic E-state index is -1.07. The van der Waals surface area contributed by atoms with Crippen LogP contribution in [0.2, 0.25) is 0 Å². The molecule has 20 heavy (non-hydrogen) atoms. The molecule has 0 saturated carbocycles. The van der Waals surface area contributed by atoms with Crippen LogP contribution in [0.4, 0.5) is 0 Å². The van der Waals surface area contributed by atoms with Crippen molar-refractivity contribution in [2.24, 2.45) is 0 Å². The van der Waals surface area contributed by atoms with E-state index in [4.69, 9.17) is 4.74 Å². The topological polar surface area (TPSA) is 87.0 Å². The van der Waals surface area contributed by atoms with E-state index < -0.39 is 18.2 Å². The van der Waals surface area contributed by atoms with Crippen LogP contribution in [0, 0.1) is 0 Å². The Balaban J connectivity index is 1.99. The van der Waals surface area contributed by atoms with Gasteiger partial charge in [0.1, 0.15) is 23.2 Å². The van der Waals surface area contributed by atoms with Gasteiger partial charge in [0.05, 0.1) is 0 Å². The van der Waals surface area contributed by atoms with E-state index in [2.05, 4.69) is 0 Å². The predicted molar refractivity (Wildman–Crippen MR) is 69.3 cm³/mol. The number of benzene rings is 2. The number of aromatic hydroxyl groups is 2. The van der Waals surface area contributed by atoms with Gasteiger partial charge in [-0.3, -0.25) is 0 Å². The standard InChI is InChI=1S/C15H12O5/c16-9-6-4-8(5-7-9)13(18)14-10-2-1-3-11(17)12(10)15(19)20-14/h1-7,13-14,16-18H/t13-,14-/m0/s1. The highest BCUT2D eigenvalue weighted by Crippen LogP contribution is 2.42. The fourth-order valence-electron chi connectivity index (χ4n) is 2.34. The number of esters is 1. The van der Waals surface area contributed by atoms with Crippen molar-refractivity contribution in [1.82, 2.24) is 0 Å². The molecule has 0 fully saturated rings. The molecule has 2 aromatic carbocycles. The molecule has 0 spiro atoms. The number of carbonyl (C=O) groups excluding carboxylic acids is 1. The van der Waals surface area contributed by atoms with Gasteiger partial charge < -0.3 is 20.1 Å². The molecule has 2 aromatic rings. The van der Waals surface area contributed by atoms with Crippen molar-refractivity contribution in [3.8, 4) is 11.5 Å². The largest absolute Gasteiger partial charge is 0.508 e. The first-order valence-corrected chi connectivity index (χ1v) is 6.08. The Morgan fingerprint density at radius 3 is 2.45 bits per heavy atom. The number of phenols is 2. The number of rotatable bonds is 2. The molecule has 0 radical (unpaired) electrons. The summed E-state index contributed by atoms with van der Waals surface area (Å²) in [6.45, 7) is 0. The minimum absolute atomic E-state index is 0.0856. The molecule has 0 bridgehead atoms. The number of carbonyl (C=O) groups is 1. The first-order chi connectivity index (χ1) is 9.58. The van der Waals surface area contributed by atoms with Gasteiger partial charge in [-0.05, 0) is 23.8 Å². The summed E-state index contributed by atoms with van der Waals surface area (Å²) in [5, 5.41) is 29.3. The zero-order chi connectivity index (χ0) is 14.3. The van der Waals surface area contributed by atoms with Gasteiger partial charge in [0.25, 0.3) is 0 Å². The van der Waals surface area contributed by atoms with Gasteiger partial charge in [0.15, 0.2) is 6.10 Å². The third kappa shape index (κ3) is 1.88. The van der Waals surface area contributed by atoms with Crippen molar-refractivity contribution < 1.29 is 24.9 Å². The summed E-state index contributed by atoms with van der Waals surface area (Å²) in [4.78, 5) is 11.8. The quantitative estimate of drug-likeness (QED) is 0.728. The number of fused-ring (bicyclic) bond motifs is 1. The maximum Gasteiger partial charge on any atom is 0.343 e. The first kappa shape index (κ1) is 12.5. The third-order valence-corrected chi connectivity index (χ3v) is 3.34. The lowest BCUT2D eigenvalue weighted by Gasteiger charge is -2.18. The highest BCUT2D eigenvalue weighted by Gasteiger charge is 2.38. The van der Waals surface area contributed by atoms with Crippen LogP contribution < -0.4 is 0 Å². The van der Waals surface area contributed by atoms with E-state index in [1.165, 1.54) is 18.2 Å². The van der Waals surface area contributed by atoms with Crippen molar-refractivity contribution in [2.75, 3.05) is 0 Å². The molecule has 5 heteroatoms. The zero-order valence-corrected chi connectivity index (χ0v) is 10.4. The van der Waals surface area contributed by atoms with Gasteiger partial charge in [-0.2, -0.15) is 0 Å². The summed E-state index contributed by atoms with van der Waals surface area (Å²) >= 11 is 0. The maximum atomic E-state index is 11.8. The number of ether oxygens (including phenoxy) is 1. The number of cyclic esters (lactones) is 1. The second kappa shape index (κ2) is 4.54. The summed E-state index contributed by atoms with van der Waals surface area (Å²) in [6, 6.07) is 10.6. The van der Waals surface area contributed by atoms with E-state index in [1.807, 2.05) is 0 Å². The monoisotopic (exact) mass is 272 g/mol. The average Bonchev–Trinajstić information content (AvgIpc) is 2.77. The number of aliphatic hydroxyl groups is 1.